The van der Waals surface area contributed by atoms with E-state index < -0.39 is 0 Å². The first kappa shape index (κ1) is 10.8. The molecule has 1 aliphatic rings. The lowest BCUT2D eigenvalue weighted by Crippen LogP contribution is -2.28. The maximum Gasteiger partial charge on any atom is 0.140 e. The molecule has 0 saturated heterocycles. The molecule has 16 heavy (non-hydrogen) atoms. The van der Waals surface area contributed by atoms with Crippen LogP contribution < -0.4 is 4.74 Å². The number of ketones is 1. The van der Waals surface area contributed by atoms with Gasteiger partial charge in [-0.05, 0) is 18.1 Å². The minimum Gasteiger partial charge on any atom is -0.493 e. The molecule has 0 spiro atoms. The van der Waals surface area contributed by atoms with E-state index in [9.17, 15) is 4.79 Å². The van der Waals surface area contributed by atoms with Gasteiger partial charge in [-0.3, -0.25) is 4.79 Å². The van der Waals surface area contributed by atoms with Crippen molar-refractivity contribution in [3.63, 3.8) is 0 Å². The van der Waals surface area contributed by atoms with Crippen LogP contribution in [-0.2, 0) is 11.2 Å². The zero-order valence-electron chi connectivity index (χ0n) is 9.11. The zero-order valence-corrected chi connectivity index (χ0v) is 9.11. The first-order valence-corrected chi connectivity index (χ1v) is 5.48. The third-order valence-corrected chi connectivity index (χ3v) is 2.85. The van der Waals surface area contributed by atoms with Crippen molar-refractivity contribution >= 4 is 5.78 Å². The summed E-state index contributed by atoms with van der Waals surface area (Å²) in [5.74, 6) is 3.59. The molecule has 1 aromatic rings. The largest absolute Gasteiger partial charge is 0.493 e. The number of ether oxygens (including phenoxy) is 1. The summed E-state index contributed by atoms with van der Waals surface area (Å²) < 4.78 is 5.56. The van der Waals surface area contributed by atoms with Crippen LogP contribution >= 0.6 is 0 Å². The van der Waals surface area contributed by atoms with E-state index in [0.717, 1.165) is 17.7 Å². The van der Waals surface area contributed by atoms with Crippen molar-refractivity contribution in [3.8, 4) is 18.1 Å². The SMILES string of the molecule is C#CCCC(=O)C1COc2ccccc2C1. The second-order valence-corrected chi connectivity index (χ2v) is 3.99. The van der Waals surface area contributed by atoms with Crippen molar-refractivity contribution in [2.75, 3.05) is 6.61 Å². The molecule has 1 aromatic carbocycles. The summed E-state index contributed by atoms with van der Waals surface area (Å²) in [5.41, 5.74) is 1.12. The van der Waals surface area contributed by atoms with E-state index in [2.05, 4.69) is 5.92 Å². The zero-order chi connectivity index (χ0) is 11.4. The summed E-state index contributed by atoms with van der Waals surface area (Å²) >= 11 is 0. The first-order chi connectivity index (χ1) is 7.81. The summed E-state index contributed by atoms with van der Waals surface area (Å²) in [6.07, 6.45) is 6.92. The quantitative estimate of drug-likeness (QED) is 0.721. The molecule has 0 N–H and O–H groups in total. The molecule has 1 atom stereocenters. The second-order valence-electron chi connectivity index (χ2n) is 3.99. The van der Waals surface area contributed by atoms with Crippen molar-refractivity contribution in [1.29, 1.82) is 0 Å². The summed E-state index contributed by atoms with van der Waals surface area (Å²) in [5, 5.41) is 0. The molecule has 2 heteroatoms. The van der Waals surface area contributed by atoms with Crippen LogP contribution in [0.4, 0.5) is 0 Å². The standard InChI is InChI=1S/C14H14O2/c1-2-3-7-13(15)12-9-11-6-4-5-8-14(11)16-10-12/h1,4-6,8,12H,3,7,9-10H2. The molecule has 0 radical (unpaired) electrons. The van der Waals surface area contributed by atoms with Crippen LogP contribution in [0.5, 0.6) is 5.75 Å². The van der Waals surface area contributed by atoms with Gasteiger partial charge in [0.15, 0.2) is 0 Å². The van der Waals surface area contributed by atoms with Crippen molar-refractivity contribution in [2.45, 2.75) is 19.3 Å². The van der Waals surface area contributed by atoms with Crippen LogP contribution in [0.2, 0.25) is 0 Å². The van der Waals surface area contributed by atoms with Crippen LogP contribution in [-0.4, -0.2) is 12.4 Å². The minimum absolute atomic E-state index is 0.0248. The fourth-order valence-electron chi connectivity index (χ4n) is 1.93. The molecule has 0 fully saturated rings. The number of hydrogen-bond acceptors (Lipinski definition) is 2. The van der Waals surface area contributed by atoms with Gasteiger partial charge < -0.3 is 4.74 Å². The van der Waals surface area contributed by atoms with Crippen LogP contribution in [0.1, 0.15) is 18.4 Å². The van der Waals surface area contributed by atoms with Gasteiger partial charge in [0.1, 0.15) is 11.5 Å². The molecule has 0 aliphatic carbocycles. The number of Topliss-reactive ketones (excluding diaryl/α,β-unsaturated/α-hetero) is 1. The van der Waals surface area contributed by atoms with E-state index in [1.54, 1.807) is 0 Å². The predicted molar refractivity (Wildman–Crippen MR) is 62.2 cm³/mol. The molecule has 2 rings (SSSR count). The second kappa shape index (κ2) is 4.85. The van der Waals surface area contributed by atoms with Gasteiger partial charge in [-0.1, -0.05) is 18.2 Å². The Kier molecular flexibility index (Phi) is 3.26. The Bertz CT molecular complexity index is 429. The van der Waals surface area contributed by atoms with Gasteiger partial charge in [-0.15, -0.1) is 12.3 Å². The molecule has 0 bridgehead atoms. The number of carbonyl (C=O) groups excluding carboxylic acids is 1. The fraction of sp³-hybridized carbons (Fsp3) is 0.357. The summed E-state index contributed by atoms with van der Waals surface area (Å²) in [7, 11) is 0. The number of terminal acetylenes is 1. The maximum atomic E-state index is 11.8. The highest BCUT2D eigenvalue weighted by atomic mass is 16.5. The number of rotatable bonds is 3. The number of benzene rings is 1. The number of carbonyl (C=O) groups is 1. The topological polar surface area (TPSA) is 26.3 Å². The number of para-hydroxylation sites is 1. The Hall–Kier alpha value is -1.75. The average molecular weight is 214 g/mol. The van der Waals surface area contributed by atoms with Crippen LogP contribution in [0, 0.1) is 18.3 Å². The van der Waals surface area contributed by atoms with Gasteiger partial charge in [-0.2, -0.15) is 0 Å². The van der Waals surface area contributed by atoms with Crippen LogP contribution in [0.25, 0.3) is 0 Å². The third kappa shape index (κ3) is 2.25. The Morgan fingerprint density at radius 3 is 3.12 bits per heavy atom. The Balaban J connectivity index is 2.03. The monoisotopic (exact) mass is 214 g/mol. The van der Waals surface area contributed by atoms with E-state index >= 15 is 0 Å². The van der Waals surface area contributed by atoms with Gasteiger partial charge in [0.2, 0.25) is 0 Å². The molecule has 0 saturated carbocycles. The van der Waals surface area contributed by atoms with E-state index in [-0.39, 0.29) is 11.7 Å². The Morgan fingerprint density at radius 2 is 2.31 bits per heavy atom. The molecule has 1 unspecified atom stereocenters. The van der Waals surface area contributed by atoms with E-state index in [1.807, 2.05) is 24.3 Å². The van der Waals surface area contributed by atoms with E-state index in [1.165, 1.54) is 0 Å². The highest BCUT2D eigenvalue weighted by molar-refractivity contribution is 5.82. The number of hydrogen-bond donors (Lipinski definition) is 0. The third-order valence-electron chi connectivity index (χ3n) is 2.85. The van der Waals surface area contributed by atoms with Gasteiger partial charge in [0, 0.05) is 12.8 Å². The minimum atomic E-state index is -0.0248. The van der Waals surface area contributed by atoms with Crippen LogP contribution in [0.3, 0.4) is 0 Å². The molecule has 1 heterocycles. The summed E-state index contributed by atoms with van der Waals surface area (Å²) in [6, 6.07) is 7.86. The van der Waals surface area contributed by atoms with Gasteiger partial charge in [0.25, 0.3) is 0 Å². The molecule has 82 valence electrons. The van der Waals surface area contributed by atoms with Crippen molar-refractivity contribution in [1.82, 2.24) is 0 Å². The number of fused-ring (bicyclic) bond motifs is 1. The normalized spacial score (nSPS) is 18.1. The lowest BCUT2D eigenvalue weighted by atomic mass is 9.91. The smallest absolute Gasteiger partial charge is 0.140 e. The van der Waals surface area contributed by atoms with Crippen molar-refractivity contribution < 1.29 is 9.53 Å². The van der Waals surface area contributed by atoms with Crippen LogP contribution in [0.15, 0.2) is 24.3 Å². The van der Waals surface area contributed by atoms with E-state index in [4.69, 9.17) is 11.2 Å². The van der Waals surface area contributed by atoms with Gasteiger partial charge >= 0.3 is 0 Å². The predicted octanol–water partition coefficient (Wildman–Crippen LogP) is 2.22. The summed E-state index contributed by atoms with van der Waals surface area (Å²) in [6.45, 7) is 0.487. The van der Waals surface area contributed by atoms with Gasteiger partial charge in [0.05, 0.1) is 12.5 Å². The molecule has 0 amide bonds. The Labute approximate surface area is 95.6 Å². The highest BCUT2D eigenvalue weighted by Crippen LogP contribution is 2.27. The highest BCUT2D eigenvalue weighted by Gasteiger charge is 2.24. The Morgan fingerprint density at radius 1 is 1.50 bits per heavy atom. The van der Waals surface area contributed by atoms with Crippen molar-refractivity contribution in [3.05, 3.63) is 29.8 Å². The molecular weight excluding hydrogens is 200 g/mol. The molecular formula is C14H14O2. The molecule has 1 aliphatic heterocycles. The lowest BCUT2D eigenvalue weighted by Gasteiger charge is -2.24. The van der Waals surface area contributed by atoms with Crippen molar-refractivity contribution in [2.24, 2.45) is 5.92 Å². The fourth-order valence-corrected chi connectivity index (χ4v) is 1.93. The maximum absolute atomic E-state index is 11.8. The molecule has 2 nitrogen and oxygen atoms in total. The van der Waals surface area contributed by atoms with Gasteiger partial charge in [-0.25, -0.2) is 0 Å². The first-order valence-electron chi connectivity index (χ1n) is 5.48. The van der Waals surface area contributed by atoms with E-state index in [0.29, 0.717) is 19.4 Å². The molecule has 0 aromatic heterocycles. The summed E-state index contributed by atoms with van der Waals surface area (Å²) in [4.78, 5) is 11.8. The lowest BCUT2D eigenvalue weighted by molar-refractivity contribution is -0.124. The average Bonchev–Trinajstić information content (AvgIpc) is 2.35.